The zero-order valence-electron chi connectivity index (χ0n) is 7.77. The van der Waals surface area contributed by atoms with Gasteiger partial charge in [0.1, 0.15) is 12.4 Å². The van der Waals surface area contributed by atoms with Crippen LogP contribution in [-0.2, 0) is 6.61 Å². The minimum absolute atomic E-state index is 0.512. The number of ether oxygens (including phenoxy) is 1. The van der Waals surface area contributed by atoms with E-state index in [0.717, 1.165) is 28.2 Å². The molecule has 3 rings (SSSR count). The Morgan fingerprint density at radius 2 is 2.27 bits per heavy atom. The second kappa shape index (κ2) is 3.17. The van der Waals surface area contributed by atoms with Crippen LogP contribution < -0.4 is 4.74 Å². The van der Waals surface area contributed by atoms with Gasteiger partial charge in [-0.05, 0) is 12.1 Å². The molecule has 3 nitrogen and oxygen atoms in total. The van der Waals surface area contributed by atoms with Crippen molar-refractivity contribution in [1.82, 2.24) is 4.98 Å². The maximum Gasteiger partial charge on any atom is 0.178 e. The topological polar surface area (TPSA) is 39.2 Å². The number of thiazole rings is 1. The molecule has 2 heterocycles. The monoisotopic (exact) mass is 217 g/mol. The van der Waals surface area contributed by atoms with E-state index in [2.05, 4.69) is 4.98 Å². The number of aldehydes is 1. The normalized spacial score (nSPS) is 12.5. The second-order valence-corrected chi connectivity index (χ2v) is 4.34. The summed E-state index contributed by atoms with van der Waals surface area (Å²) in [6, 6.07) is 7.74. The molecule has 1 aromatic heterocycles. The van der Waals surface area contributed by atoms with Gasteiger partial charge in [0.15, 0.2) is 11.3 Å². The van der Waals surface area contributed by atoms with Gasteiger partial charge in [-0.1, -0.05) is 12.1 Å². The molecule has 4 heteroatoms. The fraction of sp³-hybridized carbons (Fsp3) is 0.0909. The fourth-order valence-corrected chi connectivity index (χ4v) is 2.47. The maximum atomic E-state index is 10.6. The summed E-state index contributed by atoms with van der Waals surface area (Å²) in [4.78, 5) is 15.9. The number of aromatic nitrogens is 1. The lowest BCUT2D eigenvalue weighted by Crippen LogP contribution is -2.02. The Bertz CT molecular complexity index is 533. The number of hydrogen-bond acceptors (Lipinski definition) is 4. The van der Waals surface area contributed by atoms with Gasteiger partial charge < -0.3 is 4.74 Å². The van der Waals surface area contributed by atoms with Crippen molar-refractivity contribution >= 4 is 17.6 Å². The highest BCUT2D eigenvalue weighted by atomic mass is 32.1. The summed E-state index contributed by atoms with van der Waals surface area (Å²) in [6.07, 6.45) is 0.783. The van der Waals surface area contributed by atoms with Crippen LogP contribution in [0.3, 0.4) is 0 Å². The third-order valence-electron chi connectivity index (χ3n) is 2.32. The first kappa shape index (κ1) is 8.61. The largest absolute Gasteiger partial charge is 0.487 e. The molecule has 0 saturated carbocycles. The van der Waals surface area contributed by atoms with E-state index in [4.69, 9.17) is 4.74 Å². The van der Waals surface area contributed by atoms with Gasteiger partial charge in [-0.2, -0.15) is 0 Å². The third-order valence-corrected chi connectivity index (χ3v) is 3.27. The van der Waals surface area contributed by atoms with Crippen LogP contribution in [0.5, 0.6) is 5.75 Å². The van der Waals surface area contributed by atoms with Crippen molar-refractivity contribution in [3.63, 3.8) is 0 Å². The molecule has 1 aliphatic rings. The summed E-state index contributed by atoms with van der Waals surface area (Å²) in [6.45, 7) is 0.512. The Balaban J connectivity index is 2.24. The van der Waals surface area contributed by atoms with Crippen LogP contribution in [0, 0.1) is 0 Å². The summed E-state index contributed by atoms with van der Waals surface area (Å²) < 4.78 is 5.56. The maximum absolute atomic E-state index is 10.6. The van der Waals surface area contributed by atoms with Gasteiger partial charge in [-0.3, -0.25) is 4.79 Å². The lowest BCUT2D eigenvalue weighted by molar-refractivity contribution is 0.112. The molecule has 0 unspecified atom stereocenters. The summed E-state index contributed by atoms with van der Waals surface area (Å²) in [5, 5.41) is 0.514. The molecule has 15 heavy (non-hydrogen) atoms. The Morgan fingerprint density at radius 3 is 3.13 bits per heavy atom. The molecule has 0 aliphatic carbocycles. The predicted octanol–water partition coefficient (Wildman–Crippen LogP) is 2.52. The van der Waals surface area contributed by atoms with Crippen LogP contribution in [0.2, 0.25) is 0 Å². The number of carbonyl (C=O) groups is 1. The lowest BCUT2D eigenvalue weighted by atomic mass is 10.1. The van der Waals surface area contributed by atoms with E-state index in [-0.39, 0.29) is 0 Å². The molecule has 0 radical (unpaired) electrons. The smallest absolute Gasteiger partial charge is 0.178 e. The molecule has 0 amide bonds. The van der Waals surface area contributed by atoms with Gasteiger partial charge in [-0.15, -0.1) is 11.3 Å². The van der Waals surface area contributed by atoms with Crippen LogP contribution in [0.15, 0.2) is 24.3 Å². The first-order valence-electron chi connectivity index (χ1n) is 4.55. The van der Waals surface area contributed by atoms with E-state index in [1.165, 1.54) is 11.3 Å². The van der Waals surface area contributed by atoms with Crippen molar-refractivity contribution in [2.24, 2.45) is 0 Å². The van der Waals surface area contributed by atoms with Crippen molar-refractivity contribution in [3.8, 4) is 17.0 Å². The number of nitrogens with zero attached hydrogens (tertiary/aromatic N) is 1. The molecular weight excluding hydrogens is 210 g/mol. The Labute approximate surface area is 90.3 Å². The highest BCUT2D eigenvalue weighted by Gasteiger charge is 2.21. The molecule has 0 spiro atoms. The molecule has 0 atom stereocenters. The first-order chi connectivity index (χ1) is 7.38. The lowest BCUT2D eigenvalue weighted by Gasteiger charge is -2.15. The summed E-state index contributed by atoms with van der Waals surface area (Å²) in [5.41, 5.74) is 1.87. The van der Waals surface area contributed by atoms with Gasteiger partial charge in [-0.25, -0.2) is 4.98 Å². The van der Waals surface area contributed by atoms with Crippen LogP contribution in [0.4, 0.5) is 0 Å². The number of hydrogen-bond donors (Lipinski definition) is 0. The van der Waals surface area contributed by atoms with E-state index < -0.39 is 0 Å². The van der Waals surface area contributed by atoms with Crippen molar-refractivity contribution in [2.45, 2.75) is 6.61 Å². The standard InChI is InChI=1S/C11H7NO2S/c13-5-10-12-11-7-3-1-2-4-8(7)14-6-9(11)15-10/h1-5H,6H2. The van der Waals surface area contributed by atoms with Gasteiger partial charge in [0.25, 0.3) is 0 Å². The first-order valence-corrected chi connectivity index (χ1v) is 5.37. The van der Waals surface area contributed by atoms with Gasteiger partial charge in [0, 0.05) is 5.56 Å². The van der Waals surface area contributed by atoms with E-state index in [1.54, 1.807) is 0 Å². The van der Waals surface area contributed by atoms with Crippen molar-refractivity contribution in [3.05, 3.63) is 34.2 Å². The second-order valence-electron chi connectivity index (χ2n) is 3.23. The molecule has 0 bridgehead atoms. The van der Waals surface area contributed by atoms with Crippen molar-refractivity contribution in [2.75, 3.05) is 0 Å². The Hall–Kier alpha value is -1.68. The van der Waals surface area contributed by atoms with Gasteiger partial charge in [0.05, 0.1) is 10.6 Å². The zero-order chi connectivity index (χ0) is 10.3. The molecule has 0 fully saturated rings. The molecular formula is C11H7NO2S. The van der Waals surface area contributed by atoms with Crippen molar-refractivity contribution < 1.29 is 9.53 Å². The van der Waals surface area contributed by atoms with E-state index in [1.807, 2.05) is 24.3 Å². The van der Waals surface area contributed by atoms with Gasteiger partial charge in [0.2, 0.25) is 0 Å². The highest BCUT2D eigenvalue weighted by molar-refractivity contribution is 7.13. The van der Waals surface area contributed by atoms with Crippen LogP contribution in [-0.4, -0.2) is 11.3 Å². The molecule has 0 saturated heterocycles. The Kier molecular flexibility index (Phi) is 1.82. The van der Waals surface area contributed by atoms with Crippen LogP contribution >= 0.6 is 11.3 Å². The number of para-hydroxylation sites is 1. The molecule has 0 N–H and O–H groups in total. The number of fused-ring (bicyclic) bond motifs is 3. The van der Waals surface area contributed by atoms with Crippen LogP contribution in [0.25, 0.3) is 11.3 Å². The SMILES string of the molecule is O=Cc1nc2c(s1)COc1ccccc1-2. The quantitative estimate of drug-likeness (QED) is 0.689. The summed E-state index contributed by atoms with van der Waals surface area (Å²) in [7, 11) is 0. The Morgan fingerprint density at radius 1 is 1.40 bits per heavy atom. The van der Waals surface area contributed by atoms with Crippen LogP contribution in [0.1, 0.15) is 14.7 Å². The molecule has 74 valence electrons. The minimum atomic E-state index is 0.512. The van der Waals surface area contributed by atoms with E-state index >= 15 is 0 Å². The average Bonchev–Trinajstić information content (AvgIpc) is 2.72. The molecule has 2 aromatic rings. The van der Waals surface area contributed by atoms with E-state index in [0.29, 0.717) is 11.6 Å². The minimum Gasteiger partial charge on any atom is -0.487 e. The third kappa shape index (κ3) is 1.26. The summed E-state index contributed by atoms with van der Waals surface area (Å²) in [5.74, 6) is 0.841. The fourth-order valence-electron chi connectivity index (χ4n) is 1.66. The number of carbonyl (C=O) groups excluding carboxylic acids is 1. The number of rotatable bonds is 1. The number of benzene rings is 1. The van der Waals surface area contributed by atoms with Crippen molar-refractivity contribution in [1.29, 1.82) is 0 Å². The molecule has 1 aromatic carbocycles. The van der Waals surface area contributed by atoms with E-state index in [9.17, 15) is 4.79 Å². The predicted molar refractivity (Wildman–Crippen MR) is 57.3 cm³/mol. The highest BCUT2D eigenvalue weighted by Crippen LogP contribution is 2.38. The zero-order valence-corrected chi connectivity index (χ0v) is 8.58. The average molecular weight is 217 g/mol. The molecule has 1 aliphatic heterocycles. The summed E-state index contributed by atoms with van der Waals surface area (Å²) >= 11 is 1.39. The van der Waals surface area contributed by atoms with Gasteiger partial charge >= 0.3 is 0 Å².